The Morgan fingerprint density at radius 3 is 2.27 bits per heavy atom. The third-order valence-corrected chi connectivity index (χ3v) is 7.64. The van der Waals surface area contributed by atoms with Gasteiger partial charge in [-0.05, 0) is 31.5 Å². The van der Waals surface area contributed by atoms with Crippen molar-refractivity contribution in [3.8, 4) is 0 Å². The molecule has 0 fully saturated rings. The molecule has 1 atom stereocenters. The van der Waals surface area contributed by atoms with Gasteiger partial charge in [0.15, 0.2) is 8.32 Å². The Hall–Kier alpha value is -0.123. The van der Waals surface area contributed by atoms with E-state index >= 15 is 0 Å². The Morgan fingerprint density at radius 1 is 1.33 bits per heavy atom. The molecule has 0 radical (unpaired) electrons. The maximum Gasteiger partial charge on any atom is 0.191 e. The zero-order chi connectivity index (χ0) is 12.1. The topological polar surface area (TPSA) is 29.5 Å². The number of allylic oxidation sites excluding steroid dienone is 1. The summed E-state index contributed by atoms with van der Waals surface area (Å²) < 4.78 is 5.96. The lowest BCUT2D eigenvalue weighted by Gasteiger charge is -2.36. The van der Waals surface area contributed by atoms with Crippen LogP contribution in [0, 0.1) is 0 Å². The van der Waals surface area contributed by atoms with Gasteiger partial charge < -0.3 is 9.53 Å². The summed E-state index contributed by atoms with van der Waals surface area (Å²) in [5.41, 5.74) is 0. The molecule has 3 heteroatoms. The molecule has 0 aliphatic heterocycles. The van der Waals surface area contributed by atoms with E-state index in [1.54, 1.807) is 6.08 Å². The molecule has 0 spiro atoms. The Morgan fingerprint density at radius 2 is 1.87 bits per heavy atom. The first-order valence-corrected chi connectivity index (χ1v) is 8.56. The maximum atomic E-state index is 9.50. The van der Waals surface area contributed by atoms with Gasteiger partial charge in [-0.2, -0.15) is 0 Å². The molecule has 0 saturated carbocycles. The van der Waals surface area contributed by atoms with Gasteiger partial charge in [-0.25, -0.2) is 0 Å². The largest absolute Gasteiger partial charge is 0.417 e. The normalized spacial score (nSPS) is 15.9. The molecule has 0 saturated heterocycles. The highest BCUT2D eigenvalue weighted by atomic mass is 28.4. The summed E-state index contributed by atoms with van der Waals surface area (Å²) in [7, 11) is -1.63. The molecular weight excluding hydrogens is 204 g/mol. The van der Waals surface area contributed by atoms with Gasteiger partial charge in [-0.15, -0.1) is 0 Å². The summed E-state index contributed by atoms with van der Waals surface area (Å²) in [5.74, 6) is 0. The molecule has 0 aromatic carbocycles. The zero-order valence-corrected chi connectivity index (χ0v) is 12.0. The molecule has 0 aromatic heterocycles. The van der Waals surface area contributed by atoms with E-state index in [0.717, 1.165) is 0 Å². The molecule has 1 N–H and O–H groups in total. The van der Waals surface area contributed by atoms with Gasteiger partial charge in [-0.3, -0.25) is 0 Å². The summed E-state index contributed by atoms with van der Waals surface area (Å²) in [6, 6.07) is 0. The van der Waals surface area contributed by atoms with Crippen molar-refractivity contribution in [2.75, 3.05) is 6.61 Å². The van der Waals surface area contributed by atoms with E-state index in [9.17, 15) is 5.11 Å². The maximum absolute atomic E-state index is 9.50. The average Bonchev–Trinajstić information content (AvgIpc) is 2.01. The number of aliphatic hydroxyl groups is 1. The van der Waals surface area contributed by atoms with Crippen molar-refractivity contribution >= 4 is 8.32 Å². The van der Waals surface area contributed by atoms with Gasteiger partial charge in [0.05, 0.1) is 6.10 Å². The van der Waals surface area contributed by atoms with E-state index in [1.807, 2.05) is 13.0 Å². The molecular formula is C12H26O2Si. The van der Waals surface area contributed by atoms with Crippen molar-refractivity contribution in [2.24, 2.45) is 0 Å². The Balaban J connectivity index is 3.96. The van der Waals surface area contributed by atoms with E-state index in [0.29, 0.717) is 13.0 Å². The summed E-state index contributed by atoms with van der Waals surface area (Å²) >= 11 is 0. The van der Waals surface area contributed by atoms with Crippen LogP contribution in [0.1, 0.15) is 34.1 Å². The Kier molecular flexibility index (Phi) is 5.78. The van der Waals surface area contributed by atoms with Crippen LogP contribution in [0.3, 0.4) is 0 Å². The minimum Gasteiger partial charge on any atom is -0.417 e. The van der Waals surface area contributed by atoms with Gasteiger partial charge in [0, 0.05) is 6.61 Å². The average molecular weight is 230 g/mol. The van der Waals surface area contributed by atoms with E-state index < -0.39 is 8.32 Å². The highest BCUT2D eigenvalue weighted by molar-refractivity contribution is 6.74. The number of hydrogen-bond acceptors (Lipinski definition) is 2. The molecule has 0 aliphatic carbocycles. The van der Waals surface area contributed by atoms with Crippen LogP contribution < -0.4 is 0 Å². The Bertz CT molecular complexity index is 204. The molecule has 15 heavy (non-hydrogen) atoms. The standard InChI is InChI=1S/C12H26O2Si/c1-7-8-11(13)9-10-14-15(5,6)12(2,3)4/h7-8,11,13H,9-10H2,1-6H3/b8-7-. The first-order chi connectivity index (χ1) is 6.70. The molecule has 1 unspecified atom stereocenters. The predicted octanol–water partition coefficient (Wildman–Crippen LogP) is 3.34. The second-order valence-electron chi connectivity index (χ2n) is 5.49. The van der Waals surface area contributed by atoms with Crippen LogP contribution in [-0.2, 0) is 4.43 Å². The minimum atomic E-state index is -1.63. The monoisotopic (exact) mass is 230 g/mol. The first kappa shape index (κ1) is 14.9. The third kappa shape index (κ3) is 5.49. The molecule has 2 nitrogen and oxygen atoms in total. The SMILES string of the molecule is C/C=C\C(O)CCO[Si](C)(C)C(C)(C)C. The molecule has 0 aliphatic rings. The highest BCUT2D eigenvalue weighted by Crippen LogP contribution is 2.36. The summed E-state index contributed by atoms with van der Waals surface area (Å²) in [5, 5.41) is 9.75. The molecule has 0 bridgehead atoms. The lowest BCUT2D eigenvalue weighted by molar-refractivity contribution is 0.172. The fourth-order valence-corrected chi connectivity index (χ4v) is 2.03. The number of aliphatic hydroxyl groups excluding tert-OH is 1. The second kappa shape index (κ2) is 5.82. The first-order valence-electron chi connectivity index (χ1n) is 5.65. The van der Waals surface area contributed by atoms with E-state index in [2.05, 4.69) is 33.9 Å². The summed E-state index contributed by atoms with van der Waals surface area (Å²) in [4.78, 5) is 0. The fourth-order valence-electron chi connectivity index (χ4n) is 0.970. The van der Waals surface area contributed by atoms with Crippen LogP contribution in [0.25, 0.3) is 0 Å². The van der Waals surface area contributed by atoms with Gasteiger partial charge in [-0.1, -0.05) is 32.9 Å². The van der Waals surface area contributed by atoms with E-state index in [1.165, 1.54) is 0 Å². The van der Waals surface area contributed by atoms with Gasteiger partial charge in [0.2, 0.25) is 0 Å². The summed E-state index contributed by atoms with van der Waals surface area (Å²) in [6.45, 7) is 13.7. The number of hydrogen-bond donors (Lipinski definition) is 1. The van der Waals surface area contributed by atoms with Gasteiger partial charge in [0.1, 0.15) is 0 Å². The van der Waals surface area contributed by atoms with Crippen LogP contribution in [-0.4, -0.2) is 26.1 Å². The van der Waals surface area contributed by atoms with Crippen molar-refractivity contribution < 1.29 is 9.53 Å². The minimum absolute atomic E-state index is 0.249. The predicted molar refractivity (Wildman–Crippen MR) is 68.6 cm³/mol. The van der Waals surface area contributed by atoms with Crippen LogP contribution in [0.15, 0.2) is 12.2 Å². The van der Waals surface area contributed by atoms with Crippen molar-refractivity contribution in [3.05, 3.63) is 12.2 Å². The molecule has 0 aromatic rings. The van der Waals surface area contributed by atoms with Crippen molar-refractivity contribution in [1.29, 1.82) is 0 Å². The van der Waals surface area contributed by atoms with Crippen molar-refractivity contribution in [1.82, 2.24) is 0 Å². The van der Waals surface area contributed by atoms with Gasteiger partial charge >= 0.3 is 0 Å². The summed E-state index contributed by atoms with van der Waals surface area (Å²) in [6.07, 6.45) is 4.00. The van der Waals surface area contributed by atoms with Gasteiger partial charge in [0.25, 0.3) is 0 Å². The molecule has 0 heterocycles. The molecule has 90 valence electrons. The van der Waals surface area contributed by atoms with Crippen molar-refractivity contribution in [2.45, 2.75) is 58.4 Å². The fraction of sp³-hybridized carbons (Fsp3) is 0.833. The third-order valence-electron chi connectivity index (χ3n) is 3.10. The zero-order valence-electron chi connectivity index (χ0n) is 11.0. The number of rotatable bonds is 5. The molecule has 0 amide bonds. The van der Waals surface area contributed by atoms with Crippen LogP contribution in [0.4, 0.5) is 0 Å². The quantitative estimate of drug-likeness (QED) is 0.580. The van der Waals surface area contributed by atoms with Crippen LogP contribution in [0.5, 0.6) is 0 Å². The van der Waals surface area contributed by atoms with Crippen molar-refractivity contribution in [3.63, 3.8) is 0 Å². The molecule has 0 rings (SSSR count). The smallest absolute Gasteiger partial charge is 0.191 e. The highest BCUT2D eigenvalue weighted by Gasteiger charge is 2.36. The Labute approximate surface area is 95.5 Å². The lowest BCUT2D eigenvalue weighted by Crippen LogP contribution is -2.41. The van der Waals surface area contributed by atoms with Crippen LogP contribution >= 0.6 is 0 Å². The lowest BCUT2D eigenvalue weighted by atomic mass is 10.2. The van der Waals surface area contributed by atoms with E-state index in [4.69, 9.17) is 4.43 Å². The van der Waals surface area contributed by atoms with Crippen LogP contribution in [0.2, 0.25) is 18.1 Å². The second-order valence-corrected chi connectivity index (χ2v) is 10.3. The van der Waals surface area contributed by atoms with E-state index in [-0.39, 0.29) is 11.1 Å².